The number of ether oxygens (including phenoxy) is 1. The third-order valence-electron chi connectivity index (χ3n) is 11.8. The minimum absolute atomic E-state index is 0.0897. The summed E-state index contributed by atoms with van der Waals surface area (Å²) in [6, 6.07) is 27.7. The first kappa shape index (κ1) is 36.5. The van der Waals surface area contributed by atoms with Crippen molar-refractivity contribution in [1.29, 1.82) is 10.5 Å². The Balaban J connectivity index is 1.08. The summed E-state index contributed by atoms with van der Waals surface area (Å²) in [6.45, 7) is 9.18. The number of aromatic nitrogens is 2. The van der Waals surface area contributed by atoms with E-state index in [1.807, 2.05) is 85.2 Å². The lowest BCUT2D eigenvalue weighted by atomic mass is 9.68. The van der Waals surface area contributed by atoms with Gasteiger partial charge >= 0.3 is 5.97 Å². The highest BCUT2D eigenvalue weighted by Crippen LogP contribution is 2.42. The van der Waals surface area contributed by atoms with Crippen LogP contribution in [0.4, 0.5) is 0 Å². The third-order valence-corrected chi connectivity index (χ3v) is 11.8. The molecule has 0 spiro atoms. The van der Waals surface area contributed by atoms with Gasteiger partial charge in [-0.05, 0) is 97.6 Å². The van der Waals surface area contributed by atoms with Crippen LogP contribution in [0.15, 0.2) is 97.3 Å². The quantitative estimate of drug-likeness (QED) is 0.162. The fraction of sp³-hybridized carbons (Fsp3) is 0.370. The Hall–Kier alpha value is -5.33. The summed E-state index contributed by atoms with van der Waals surface area (Å²) >= 11 is 0. The molecule has 1 unspecified atom stereocenters. The van der Waals surface area contributed by atoms with Crippen LogP contribution in [0.25, 0.3) is 34.4 Å². The first-order valence-electron chi connectivity index (χ1n) is 18.7. The summed E-state index contributed by atoms with van der Waals surface area (Å²) in [5.41, 5.74) is 6.60. The van der Waals surface area contributed by atoms with Crippen LogP contribution in [0.3, 0.4) is 0 Å². The molecule has 264 valence electrons. The molecule has 2 aliphatic rings. The molecule has 6 rings (SSSR count). The van der Waals surface area contributed by atoms with E-state index in [4.69, 9.17) is 4.74 Å². The van der Waals surface area contributed by atoms with Gasteiger partial charge in [-0.15, -0.1) is 0 Å². The predicted molar refractivity (Wildman–Crippen MR) is 207 cm³/mol. The van der Waals surface area contributed by atoms with E-state index < -0.39 is 0 Å². The topological polar surface area (TPSA) is 99.7 Å². The van der Waals surface area contributed by atoms with Crippen molar-refractivity contribution in [3.8, 4) is 34.4 Å². The number of allylic oxidation sites excluding steroid dienone is 1. The molecule has 52 heavy (non-hydrogen) atoms. The molecule has 6 nitrogen and oxygen atoms in total. The van der Waals surface area contributed by atoms with Crippen LogP contribution >= 0.6 is 0 Å². The number of hydrogen-bond donors (Lipinski definition) is 0. The highest BCUT2D eigenvalue weighted by atomic mass is 16.5. The molecule has 2 aliphatic carbocycles. The Morgan fingerprint density at radius 1 is 0.731 bits per heavy atom. The molecule has 2 fully saturated rings. The van der Waals surface area contributed by atoms with Crippen LogP contribution in [-0.4, -0.2) is 22.0 Å². The molecule has 8 atom stereocenters. The normalized spacial score (nSPS) is 26.1. The molecule has 4 aromatic rings. The number of carbonyl (C=O) groups is 1. The van der Waals surface area contributed by atoms with Crippen molar-refractivity contribution >= 4 is 18.1 Å². The van der Waals surface area contributed by atoms with E-state index in [1.165, 1.54) is 0 Å². The first-order valence-corrected chi connectivity index (χ1v) is 18.7. The van der Waals surface area contributed by atoms with E-state index in [0.29, 0.717) is 47.1 Å². The third kappa shape index (κ3) is 8.58. The largest absolute Gasteiger partial charge is 0.462 e. The second kappa shape index (κ2) is 16.8. The standard InChI is InChI=1S/C46H48N4O2/c1-30-13-22-45(42(33(30)4)21-20-41-19-16-39(29-50-41)44-12-8-6-10-37(44)27-48)52-46(51)25-34-23-31(2)32(3)35(24-34)14-17-40-18-15-38(28-49-40)43-11-7-5-9-36(43)26-47/h5-12,14-21,28-35,42,45H,13,22-25H2,1-4H3/b17-14+,21-20+/t30-,31-,32+,33+,34?,35+,42-,45+/m0/s1. The molecule has 2 heterocycles. The number of nitrogens with zero attached hydrogens (tertiary/aromatic N) is 4. The van der Waals surface area contributed by atoms with Gasteiger partial charge in [-0.3, -0.25) is 14.8 Å². The van der Waals surface area contributed by atoms with Crippen LogP contribution in [0.2, 0.25) is 0 Å². The number of carbonyl (C=O) groups excluding carboxylic acids is 1. The monoisotopic (exact) mass is 688 g/mol. The van der Waals surface area contributed by atoms with E-state index in [1.54, 1.807) is 0 Å². The van der Waals surface area contributed by atoms with Crippen LogP contribution in [-0.2, 0) is 9.53 Å². The van der Waals surface area contributed by atoms with Gasteiger partial charge in [-0.1, -0.05) is 88.4 Å². The number of pyridine rings is 2. The van der Waals surface area contributed by atoms with Crippen molar-refractivity contribution in [2.45, 2.75) is 65.9 Å². The van der Waals surface area contributed by atoms with Crippen molar-refractivity contribution in [2.24, 2.45) is 41.4 Å². The average Bonchev–Trinajstić information content (AvgIpc) is 3.17. The van der Waals surface area contributed by atoms with Crippen LogP contribution in [0.5, 0.6) is 0 Å². The fourth-order valence-electron chi connectivity index (χ4n) is 8.19. The Morgan fingerprint density at radius 3 is 1.87 bits per heavy atom. The molecular weight excluding hydrogens is 641 g/mol. The first-order chi connectivity index (χ1) is 25.2. The number of benzene rings is 2. The van der Waals surface area contributed by atoms with Gasteiger partial charge in [0.15, 0.2) is 0 Å². The number of rotatable bonds is 9. The van der Waals surface area contributed by atoms with Gasteiger partial charge in [0.05, 0.1) is 34.7 Å². The molecule has 2 saturated carbocycles. The van der Waals surface area contributed by atoms with Gasteiger partial charge in [0.1, 0.15) is 6.10 Å². The van der Waals surface area contributed by atoms with E-state index in [9.17, 15) is 15.3 Å². The van der Waals surface area contributed by atoms with Gasteiger partial charge in [-0.25, -0.2) is 0 Å². The lowest BCUT2D eigenvalue weighted by Gasteiger charge is -2.39. The molecule has 0 amide bonds. The summed E-state index contributed by atoms with van der Waals surface area (Å²) in [5.74, 6) is 2.56. The zero-order valence-corrected chi connectivity index (χ0v) is 30.7. The van der Waals surface area contributed by atoms with Crippen molar-refractivity contribution in [2.75, 3.05) is 0 Å². The SMILES string of the molecule is C[C@H]1[C@H](/C=C/c2ccc(-c3ccccc3C#N)cn2)[C@H](OC(=O)CC2C[C@@H](/C=C/c3ccc(-c4ccccc4C#N)cn3)[C@H](C)[C@@H](C)C2)CC[C@@H]1C. The fourth-order valence-corrected chi connectivity index (χ4v) is 8.19. The molecule has 0 radical (unpaired) electrons. The summed E-state index contributed by atoms with van der Waals surface area (Å²) in [7, 11) is 0. The Kier molecular flexibility index (Phi) is 11.8. The zero-order valence-electron chi connectivity index (χ0n) is 30.7. The maximum Gasteiger partial charge on any atom is 0.306 e. The average molecular weight is 689 g/mol. The lowest BCUT2D eigenvalue weighted by Crippen LogP contribution is -2.38. The van der Waals surface area contributed by atoms with Crippen LogP contribution < -0.4 is 0 Å². The number of esters is 1. The maximum absolute atomic E-state index is 13.6. The van der Waals surface area contributed by atoms with E-state index in [-0.39, 0.29) is 23.9 Å². The van der Waals surface area contributed by atoms with Gasteiger partial charge in [-0.2, -0.15) is 10.5 Å². The van der Waals surface area contributed by atoms with Gasteiger partial charge in [0.2, 0.25) is 0 Å². The molecule has 6 heteroatoms. The van der Waals surface area contributed by atoms with Gasteiger partial charge in [0, 0.05) is 47.0 Å². The minimum Gasteiger partial charge on any atom is -0.462 e. The highest BCUT2D eigenvalue weighted by Gasteiger charge is 2.37. The second-order valence-electron chi connectivity index (χ2n) is 15.0. The minimum atomic E-state index is -0.151. The van der Waals surface area contributed by atoms with Gasteiger partial charge < -0.3 is 4.74 Å². The van der Waals surface area contributed by atoms with E-state index >= 15 is 0 Å². The van der Waals surface area contributed by atoms with Crippen molar-refractivity contribution in [3.63, 3.8) is 0 Å². The molecule has 0 bridgehead atoms. The molecule has 0 aliphatic heterocycles. The highest BCUT2D eigenvalue weighted by molar-refractivity contribution is 5.72. The number of hydrogen-bond acceptors (Lipinski definition) is 6. The Labute approximate surface area is 308 Å². The van der Waals surface area contributed by atoms with Crippen molar-refractivity contribution < 1.29 is 9.53 Å². The maximum atomic E-state index is 13.6. The smallest absolute Gasteiger partial charge is 0.306 e. The molecule has 2 aromatic carbocycles. The number of nitriles is 2. The molecular formula is C46H48N4O2. The second-order valence-corrected chi connectivity index (χ2v) is 15.0. The van der Waals surface area contributed by atoms with Crippen LogP contribution in [0.1, 0.15) is 82.3 Å². The summed E-state index contributed by atoms with van der Waals surface area (Å²) < 4.78 is 6.32. The van der Waals surface area contributed by atoms with Crippen molar-refractivity contribution in [3.05, 3.63) is 120 Å². The lowest BCUT2D eigenvalue weighted by molar-refractivity contribution is -0.156. The summed E-state index contributed by atoms with van der Waals surface area (Å²) in [4.78, 5) is 22.9. The summed E-state index contributed by atoms with van der Waals surface area (Å²) in [5, 5.41) is 19.0. The molecule has 0 saturated heterocycles. The Bertz CT molecular complexity index is 1980. The molecule has 2 aromatic heterocycles. The van der Waals surface area contributed by atoms with Gasteiger partial charge in [0.25, 0.3) is 0 Å². The van der Waals surface area contributed by atoms with E-state index in [2.05, 4.69) is 74.1 Å². The molecule has 0 N–H and O–H groups in total. The predicted octanol–water partition coefficient (Wildman–Crippen LogP) is 10.6. The van der Waals surface area contributed by atoms with Crippen LogP contribution in [0, 0.1) is 64.1 Å². The zero-order chi connectivity index (χ0) is 36.6. The Morgan fingerprint density at radius 2 is 1.31 bits per heavy atom. The summed E-state index contributed by atoms with van der Waals surface area (Å²) in [6.07, 6.45) is 16.4. The van der Waals surface area contributed by atoms with E-state index in [0.717, 1.165) is 59.3 Å². The van der Waals surface area contributed by atoms with Crippen molar-refractivity contribution in [1.82, 2.24) is 9.97 Å².